The quantitative estimate of drug-likeness (QED) is 0.861. The maximum Gasteiger partial charge on any atom is 0.319 e. The van der Waals surface area contributed by atoms with Crippen LogP contribution >= 0.6 is 0 Å². The monoisotopic (exact) mass is 361 g/mol. The van der Waals surface area contributed by atoms with Crippen LogP contribution in [0.5, 0.6) is 0 Å². The topological polar surface area (TPSA) is 53.6 Å². The number of nitrogens with one attached hydrogen (secondary N) is 2. The minimum absolute atomic E-state index is 0.157. The first-order valence-corrected chi connectivity index (χ1v) is 8.48. The number of amides is 2. The van der Waals surface area contributed by atoms with Crippen molar-refractivity contribution in [3.05, 3.63) is 65.7 Å². The third kappa shape index (κ3) is 5.24. The molecule has 2 amide bonds. The molecule has 0 aliphatic carbocycles. The Kier molecular flexibility index (Phi) is 6.14. The zero-order valence-electron chi connectivity index (χ0n) is 14.3. The Balaban J connectivity index is 1.46. The van der Waals surface area contributed by atoms with Gasteiger partial charge >= 0.3 is 6.03 Å². The zero-order chi connectivity index (χ0) is 18.4. The molecule has 1 aliphatic rings. The summed E-state index contributed by atoms with van der Waals surface area (Å²) in [6, 6.07) is 12.4. The van der Waals surface area contributed by atoms with Crippen LogP contribution in [0, 0.1) is 11.6 Å². The van der Waals surface area contributed by atoms with Gasteiger partial charge in [-0.25, -0.2) is 13.6 Å². The van der Waals surface area contributed by atoms with Gasteiger partial charge in [0.2, 0.25) is 0 Å². The molecule has 2 aromatic carbocycles. The summed E-state index contributed by atoms with van der Waals surface area (Å²) in [6.07, 6.45) is -0.157. The third-order valence-corrected chi connectivity index (χ3v) is 4.14. The average Bonchev–Trinajstić information content (AvgIpc) is 2.64. The third-order valence-electron chi connectivity index (χ3n) is 4.14. The largest absolute Gasteiger partial charge is 0.374 e. The average molecular weight is 361 g/mol. The fourth-order valence-corrected chi connectivity index (χ4v) is 2.86. The van der Waals surface area contributed by atoms with Crippen molar-refractivity contribution < 1.29 is 18.3 Å². The van der Waals surface area contributed by atoms with Gasteiger partial charge in [0.1, 0.15) is 11.6 Å². The molecule has 1 saturated heterocycles. The lowest BCUT2D eigenvalue weighted by molar-refractivity contribution is -0.0285. The number of nitrogens with zero attached hydrogens (tertiary/aromatic N) is 1. The maximum atomic E-state index is 13.5. The van der Waals surface area contributed by atoms with Crippen LogP contribution in [-0.4, -0.2) is 43.3 Å². The molecule has 0 saturated carbocycles. The number of ether oxygens (including phenoxy) is 1. The van der Waals surface area contributed by atoms with E-state index in [4.69, 9.17) is 4.74 Å². The lowest BCUT2D eigenvalue weighted by atomic mass is 10.2. The number of hydrogen-bond acceptors (Lipinski definition) is 3. The van der Waals surface area contributed by atoms with Crippen LogP contribution in [-0.2, 0) is 11.3 Å². The first-order chi connectivity index (χ1) is 12.6. The van der Waals surface area contributed by atoms with E-state index in [9.17, 15) is 13.6 Å². The molecule has 2 aromatic rings. The molecule has 1 aliphatic heterocycles. The molecule has 1 atom stereocenters. The summed E-state index contributed by atoms with van der Waals surface area (Å²) in [5, 5.41) is 4.95. The number of carbonyl (C=O) groups is 1. The fraction of sp³-hybridized carbons (Fsp3) is 0.316. The predicted molar refractivity (Wildman–Crippen MR) is 94.8 cm³/mol. The Hall–Kier alpha value is -2.51. The second-order valence-corrected chi connectivity index (χ2v) is 6.17. The van der Waals surface area contributed by atoms with E-state index >= 15 is 0 Å². The normalized spacial score (nSPS) is 17.7. The van der Waals surface area contributed by atoms with Crippen molar-refractivity contribution in [2.45, 2.75) is 12.6 Å². The molecule has 0 bridgehead atoms. The van der Waals surface area contributed by atoms with E-state index in [-0.39, 0.29) is 18.3 Å². The van der Waals surface area contributed by atoms with Crippen molar-refractivity contribution in [1.82, 2.24) is 10.2 Å². The van der Waals surface area contributed by atoms with Crippen molar-refractivity contribution in [1.29, 1.82) is 0 Å². The molecular weight excluding hydrogens is 340 g/mol. The van der Waals surface area contributed by atoms with Crippen molar-refractivity contribution in [3.8, 4) is 0 Å². The van der Waals surface area contributed by atoms with Crippen LogP contribution in [0.3, 0.4) is 0 Å². The van der Waals surface area contributed by atoms with Crippen LogP contribution in [0.15, 0.2) is 48.5 Å². The minimum Gasteiger partial charge on any atom is -0.374 e. The molecule has 7 heteroatoms. The Morgan fingerprint density at radius 3 is 2.81 bits per heavy atom. The Morgan fingerprint density at radius 1 is 1.19 bits per heavy atom. The summed E-state index contributed by atoms with van der Waals surface area (Å²) < 4.78 is 32.3. The number of carbonyl (C=O) groups excluding carboxylic acids is 1. The molecule has 1 heterocycles. The van der Waals surface area contributed by atoms with Crippen LogP contribution in [0.1, 0.15) is 5.56 Å². The van der Waals surface area contributed by atoms with Gasteiger partial charge in [-0.3, -0.25) is 4.90 Å². The van der Waals surface area contributed by atoms with E-state index in [2.05, 4.69) is 27.7 Å². The standard InChI is InChI=1S/C19H21F2N3O2/c20-15-6-7-17(21)18(10-15)23-19(25)22-11-16-13-24(8-9-26-16)12-14-4-2-1-3-5-14/h1-7,10,16H,8-9,11-13H2,(H2,22,23,25). The van der Waals surface area contributed by atoms with Crippen LogP contribution in [0.25, 0.3) is 0 Å². The highest BCUT2D eigenvalue weighted by molar-refractivity contribution is 5.89. The molecule has 0 spiro atoms. The van der Waals surface area contributed by atoms with Gasteiger partial charge < -0.3 is 15.4 Å². The summed E-state index contributed by atoms with van der Waals surface area (Å²) in [5.41, 5.74) is 1.03. The number of hydrogen-bond donors (Lipinski definition) is 2. The Labute approximate surface area is 151 Å². The highest BCUT2D eigenvalue weighted by Gasteiger charge is 2.21. The zero-order valence-corrected chi connectivity index (χ0v) is 14.3. The predicted octanol–water partition coefficient (Wildman–Crippen LogP) is 2.99. The summed E-state index contributed by atoms with van der Waals surface area (Å²) >= 11 is 0. The Bertz CT molecular complexity index is 743. The lowest BCUT2D eigenvalue weighted by Crippen LogP contribution is -2.47. The van der Waals surface area contributed by atoms with Gasteiger partial charge in [-0.15, -0.1) is 0 Å². The van der Waals surface area contributed by atoms with Crippen LogP contribution in [0.4, 0.5) is 19.3 Å². The SMILES string of the molecule is O=C(NCC1CN(Cc2ccccc2)CCO1)Nc1cc(F)ccc1F. The number of rotatable bonds is 5. The number of halogens is 2. The molecule has 1 fully saturated rings. The van der Waals surface area contributed by atoms with E-state index in [1.165, 1.54) is 5.56 Å². The molecule has 2 N–H and O–H groups in total. The smallest absolute Gasteiger partial charge is 0.319 e. The number of anilines is 1. The molecule has 26 heavy (non-hydrogen) atoms. The molecule has 138 valence electrons. The van der Waals surface area contributed by atoms with Gasteiger partial charge in [0.25, 0.3) is 0 Å². The minimum atomic E-state index is -0.690. The van der Waals surface area contributed by atoms with Gasteiger partial charge in [-0.05, 0) is 17.7 Å². The van der Waals surface area contributed by atoms with Crippen molar-refractivity contribution in [2.24, 2.45) is 0 Å². The second-order valence-electron chi connectivity index (χ2n) is 6.17. The first kappa shape index (κ1) is 18.3. The molecule has 5 nitrogen and oxygen atoms in total. The van der Waals surface area contributed by atoms with Crippen molar-refractivity contribution in [3.63, 3.8) is 0 Å². The summed E-state index contributed by atoms with van der Waals surface area (Å²) in [7, 11) is 0. The van der Waals surface area contributed by atoms with Crippen molar-refractivity contribution >= 4 is 11.7 Å². The fourth-order valence-electron chi connectivity index (χ4n) is 2.86. The summed E-state index contributed by atoms with van der Waals surface area (Å²) in [4.78, 5) is 14.2. The number of morpholine rings is 1. The Morgan fingerprint density at radius 2 is 2.00 bits per heavy atom. The van der Waals surface area contributed by atoms with E-state index in [0.717, 1.165) is 31.3 Å². The first-order valence-electron chi connectivity index (χ1n) is 8.48. The lowest BCUT2D eigenvalue weighted by Gasteiger charge is -2.33. The molecular formula is C19H21F2N3O2. The van der Waals surface area contributed by atoms with Crippen LogP contribution in [0.2, 0.25) is 0 Å². The second kappa shape index (κ2) is 8.73. The van der Waals surface area contributed by atoms with E-state index in [1.54, 1.807) is 0 Å². The number of benzene rings is 2. The molecule has 0 radical (unpaired) electrons. The summed E-state index contributed by atoms with van der Waals surface area (Å²) in [6.45, 7) is 3.20. The van der Waals surface area contributed by atoms with E-state index in [1.807, 2.05) is 18.2 Å². The van der Waals surface area contributed by atoms with Gasteiger partial charge in [-0.1, -0.05) is 30.3 Å². The van der Waals surface area contributed by atoms with E-state index in [0.29, 0.717) is 13.2 Å². The highest BCUT2D eigenvalue weighted by atomic mass is 19.1. The van der Waals surface area contributed by atoms with E-state index < -0.39 is 17.7 Å². The van der Waals surface area contributed by atoms with Gasteiger partial charge in [0.05, 0.1) is 18.4 Å². The molecule has 0 aromatic heterocycles. The summed E-state index contributed by atoms with van der Waals surface area (Å²) in [5.74, 6) is -1.31. The van der Waals surface area contributed by atoms with Gasteiger partial charge in [-0.2, -0.15) is 0 Å². The highest BCUT2D eigenvalue weighted by Crippen LogP contribution is 2.15. The molecule has 3 rings (SSSR count). The maximum absolute atomic E-state index is 13.5. The molecule has 1 unspecified atom stereocenters. The number of urea groups is 1. The van der Waals surface area contributed by atoms with Crippen molar-refractivity contribution in [2.75, 3.05) is 31.6 Å². The van der Waals surface area contributed by atoms with Crippen LogP contribution < -0.4 is 10.6 Å². The van der Waals surface area contributed by atoms with Gasteiger partial charge in [0.15, 0.2) is 0 Å². The van der Waals surface area contributed by atoms with Gasteiger partial charge in [0, 0.05) is 32.2 Å².